The van der Waals surface area contributed by atoms with Crippen LogP contribution < -0.4 is 4.90 Å². The van der Waals surface area contributed by atoms with Gasteiger partial charge in [0.1, 0.15) is 0 Å². The Hall–Kier alpha value is -2.16. The van der Waals surface area contributed by atoms with Gasteiger partial charge in [-0.15, -0.1) is 0 Å². The summed E-state index contributed by atoms with van der Waals surface area (Å²) in [6, 6.07) is 14.9. The first-order valence-electron chi connectivity index (χ1n) is 7.80. The molecule has 0 aliphatic heterocycles. The minimum atomic E-state index is -4.38. The number of benzene rings is 2. The van der Waals surface area contributed by atoms with Crippen LogP contribution in [0.25, 0.3) is 0 Å². The number of para-hydroxylation sites is 1. The highest BCUT2D eigenvalue weighted by Crippen LogP contribution is 2.38. The monoisotopic (exact) mass is 469 g/mol. The molecule has 0 N–H and O–H groups in total. The third-order valence-electron chi connectivity index (χ3n) is 3.70. The number of hydrogen-bond donors (Lipinski definition) is 0. The molecule has 3 aromatic rings. The van der Waals surface area contributed by atoms with Crippen LogP contribution in [0, 0.1) is 17.4 Å². The number of hydrogen-bond acceptors (Lipinski definition) is 3. The molecule has 2 aromatic carbocycles. The summed E-state index contributed by atoms with van der Waals surface area (Å²) in [4.78, 5) is 10.7. The normalized spacial score (nSPS) is 11.5. The lowest BCUT2D eigenvalue weighted by molar-refractivity contribution is -0.137. The predicted octanol–water partition coefficient (Wildman–Crippen LogP) is 6.19. The molecule has 0 amide bonds. The zero-order valence-corrected chi connectivity index (χ0v) is 16.2. The molecule has 7 heteroatoms. The molecule has 1 heterocycles. The van der Waals surface area contributed by atoms with E-state index >= 15 is 0 Å². The molecule has 0 saturated heterocycles. The van der Waals surface area contributed by atoms with E-state index in [4.69, 9.17) is 0 Å². The molecule has 1 aromatic heterocycles. The van der Waals surface area contributed by atoms with Crippen molar-refractivity contribution < 1.29 is 13.2 Å². The van der Waals surface area contributed by atoms with Gasteiger partial charge in [0.05, 0.1) is 11.3 Å². The summed E-state index contributed by atoms with van der Waals surface area (Å²) in [5, 5.41) is 0. The van der Waals surface area contributed by atoms with Crippen LogP contribution in [-0.4, -0.2) is 9.97 Å². The average molecular weight is 469 g/mol. The van der Waals surface area contributed by atoms with Crippen LogP contribution in [0.5, 0.6) is 0 Å². The molecule has 0 radical (unpaired) electrons. The lowest BCUT2D eigenvalue weighted by Gasteiger charge is -2.25. The standard InChI is InChI=1S/C19H15F3IN3/c1-12-10-13(2)25-18(24-12)26(15-6-4-3-5-7-15)17-9-8-14(11-16(17)23)19(20,21)22/h3-11H,1-2H3. The number of rotatable bonds is 3. The van der Waals surface area contributed by atoms with Crippen molar-refractivity contribution in [2.75, 3.05) is 4.90 Å². The Morgan fingerprint density at radius 2 is 1.50 bits per heavy atom. The van der Waals surface area contributed by atoms with E-state index in [-0.39, 0.29) is 0 Å². The van der Waals surface area contributed by atoms with Gasteiger partial charge in [0, 0.05) is 20.6 Å². The van der Waals surface area contributed by atoms with Gasteiger partial charge in [-0.2, -0.15) is 13.2 Å². The van der Waals surface area contributed by atoms with Crippen LogP contribution in [0.1, 0.15) is 17.0 Å². The Balaban J connectivity index is 2.19. The van der Waals surface area contributed by atoms with Crippen LogP contribution in [-0.2, 0) is 6.18 Å². The van der Waals surface area contributed by atoms with Gasteiger partial charge in [-0.25, -0.2) is 9.97 Å². The molecule has 0 spiro atoms. The average Bonchev–Trinajstić information content (AvgIpc) is 2.56. The predicted molar refractivity (Wildman–Crippen MR) is 104 cm³/mol. The summed E-state index contributed by atoms with van der Waals surface area (Å²) >= 11 is 1.91. The van der Waals surface area contributed by atoms with Crippen molar-refractivity contribution in [3.63, 3.8) is 0 Å². The largest absolute Gasteiger partial charge is 0.416 e. The van der Waals surface area contributed by atoms with Crippen molar-refractivity contribution in [2.45, 2.75) is 20.0 Å². The van der Waals surface area contributed by atoms with Crippen molar-refractivity contribution in [3.05, 3.63) is 75.1 Å². The van der Waals surface area contributed by atoms with E-state index in [0.29, 0.717) is 15.2 Å². The highest BCUT2D eigenvalue weighted by molar-refractivity contribution is 14.1. The minimum absolute atomic E-state index is 0.423. The van der Waals surface area contributed by atoms with E-state index in [1.807, 2.05) is 72.8 Å². The van der Waals surface area contributed by atoms with Gasteiger partial charge in [0.15, 0.2) is 0 Å². The van der Waals surface area contributed by atoms with Gasteiger partial charge < -0.3 is 0 Å². The zero-order chi connectivity index (χ0) is 18.9. The number of anilines is 3. The molecule has 3 rings (SSSR count). The maximum absolute atomic E-state index is 13.0. The molecule has 0 unspecified atom stereocenters. The molecule has 0 fully saturated rings. The van der Waals surface area contributed by atoms with Crippen molar-refractivity contribution in [1.29, 1.82) is 0 Å². The third-order valence-corrected chi connectivity index (χ3v) is 4.56. The van der Waals surface area contributed by atoms with E-state index < -0.39 is 11.7 Å². The molecule has 3 nitrogen and oxygen atoms in total. The summed E-state index contributed by atoms with van der Waals surface area (Å²) < 4.78 is 39.5. The van der Waals surface area contributed by atoms with Crippen molar-refractivity contribution in [1.82, 2.24) is 9.97 Å². The highest BCUT2D eigenvalue weighted by atomic mass is 127. The molecule has 0 saturated carbocycles. The van der Waals surface area contributed by atoms with Crippen LogP contribution in [0.3, 0.4) is 0 Å². The van der Waals surface area contributed by atoms with Crippen LogP contribution in [0.15, 0.2) is 54.6 Å². The zero-order valence-electron chi connectivity index (χ0n) is 14.0. The Kier molecular flexibility index (Phi) is 5.17. The maximum atomic E-state index is 13.0. The number of aromatic nitrogens is 2. The molecule has 0 aliphatic carbocycles. The Morgan fingerprint density at radius 1 is 0.885 bits per heavy atom. The molecule has 0 bridgehead atoms. The Bertz CT molecular complexity index is 907. The molecular formula is C19H15F3IN3. The first-order valence-corrected chi connectivity index (χ1v) is 8.88. The lowest BCUT2D eigenvalue weighted by atomic mass is 10.1. The summed E-state index contributed by atoms with van der Waals surface area (Å²) in [5.41, 5.74) is 2.26. The van der Waals surface area contributed by atoms with Gasteiger partial charge in [-0.05, 0) is 72.8 Å². The Morgan fingerprint density at radius 3 is 2.04 bits per heavy atom. The minimum Gasteiger partial charge on any atom is -0.278 e. The third kappa shape index (κ3) is 3.98. The van der Waals surface area contributed by atoms with Gasteiger partial charge in [-0.3, -0.25) is 4.90 Å². The second kappa shape index (κ2) is 7.22. The SMILES string of the molecule is Cc1cc(C)nc(N(c2ccccc2)c2ccc(C(F)(F)F)cc2I)n1. The fourth-order valence-electron chi connectivity index (χ4n) is 2.61. The summed E-state index contributed by atoms with van der Waals surface area (Å²) in [6.07, 6.45) is -4.38. The quantitative estimate of drug-likeness (QED) is 0.429. The number of alkyl halides is 3. The topological polar surface area (TPSA) is 29.0 Å². The van der Waals surface area contributed by atoms with E-state index in [1.165, 1.54) is 6.07 Å². The smallest absolute Gasteiger partial charge is 0.278 e. The van der Waals surface area contributed by atoms with Crippen molar-refractivity contribution in [3.8, 4) is 0 Å². The summed E-state index contributed by atoms with van der Waals surface area (Å²) in [5.74, 6) is 0.423. The van der Waals surface area contributed by atoms with E-state index in [0.717, 1.165) is 29.2 Å². The summed E-state index contributed by atoms with van der Waals surface area (Å²) in [6.45, 7) is 3.72. The second-order valence-electron chi connectivity index (χ2n) is 5.79. The first-order chi connectivity index (χ1) is 12.3. The van der Waals surface area contributed by atoms with Gasteiger partial charge in [0.25, 0.3) is 0 Å². The van der Waals surface area contributed by atoms with E-state index in [1.54, 1.807) is 4.90 Å². The molecule has 0 atom stereocenters. The number of halogens is 4. The van der Waals surface area contributed by atoms with E-state index in [9.17, 15) is 13.2 Å². The first kappa shape index (κ1) is 18.6. The van der Waals surface area contributed by atoms with Crippen LogP contribution >= 0.6 is 22.6 Å². The van der Waals surface area contributed by atoms with Crippen LogP contribution in [0.4, 0.5) is 30.5 Å². The van der Waals surface area contributed by atoms with Crippen molar-refractivity contribution >= 4 is 39.9 Å². The van der Waals surface area contributed by atoms with E-state index in [2.05, 4.69) is 9.97 Å². The molecule has 134 valence electrons. The van der Waals surface area contributed by atoms with Gasteiger partial charge in [-0.1, -0.05) is 18.2 Å². The number of nitrogens with zero attached hydrogens (tertiary/aromatic N) is 3. The van der Waals surface area contributed by atoms with Crippen molar-refractivity contribution in [2.24, 2.45) is 0 Å². The molecule has 0 aliphatic rings. The highest BCUT2D eigenvalue weighted by Gasteiger charge is 2.31. The van der Waals surface area contributed by atoms with Gasteiger partial charge >= 0.3 is 6.18 Å². The lowest BCUT2D eigenvalue weighted by Crippen LogP contribution is -2.16. The fraction of sp³-hybridized carbons (Fsp3) is 0.158. The Labute approximate surface area is 163 Å². The summed E-state index contributed by atoms with van der Waals surface area (Å²) in [7, 11) is 0. The fourth-order valence-corrected chi connectivity index (χ4v) is 3.37. The van der Waals surface area contributed by atoms with Gasteiger partial charge in [0.2, 0.25) is 5.95 Å². The molecular weight excluding hydrogens is 454 g/mol. The number of aryl methyl sites for hydroxylation is 2. The second-order valence-corrected chi connectivity index (χ2v) is 6.95. The van der Waals surface area contributed by atoms with Crippen LogP contribution in [0.2, 0.25) is 0 Å². The molecule has 26 heavy (non-hydrogen) atoms. The maximum Gasteiger partial charge on any atom is 0.416 e.